The van der Waals surface area contributed by atoms with Crippen molar-refractivity contribution in [1.29, 1.82) is 5.26 Å². The molecule has 1 N–H and O–H groups in total. The van der Waals surface area contributed by atoms with Crippen LogP contribution in [-0.4, -0.2) is 11.7 Å². The molecule has 8 heavy (non-hydrogen) atoms. The molecule has 0 aromatic rings. The number of nitrogens with zero attached hydrogens (tertiary/aromatic N) is 1. The Bertz CT molecular complexity index is 115. The van der Waals surface area contributed by atoms with Gasteiger partial charge in [0, 0.05) is 6.08 Å². The van der Waals surface area contributed by atoms with E-state index in [1.165, 1.54) is 6.08 Å². The molecule has 0 radical (unpaired) electrons. The highest BCUT2D eigenvalue weighted by Gasteiger charge is 1.86. The molecule has 0 saturated heterocycles. The summed E-state index contributed by atoms with van der Waals surface area (Å²) in [6.45, 7) is 1.91. The Morgan fingerprint density at radius 1 is 1.88 bits per heavy atom. The lowest BCUT2D eigenvalue weighted by atomic mass is 10.2. The lowest BCUT2D eigenvalue weighted by Crippen LogP contribution is -1.85. The van der Waals surface area contributed by atoms with Gasteiger partial charge >= 0.3 is 0 Å². The molecule has 44 valence electrons. The average Bonchev–Trinajstić information content (AvgIpc) is 1.83. The number of rotatable bonds is 2. The number of allylic oxidation sites excluding steroid dienone is 1. The van der Waals surface area contributed by atoms with Gasteiger partial charge in [-0.1, -0.05) is 6.92 Å². The van der Waals surface area contributed by atoms with Gasteiger partial charge in [-0.05, 0) is 12.0 Å². The molecule has 0 atom stereocenters. The maximum absolute atomic E-state index is 8.44. The first kappa shape index (κ1) is 7.19. The van der Waals surface area contributed by atoms with E-state index in [-0.39, 0.29) is 6.61 Å². The fourth-order valence-electron chi connectivity index (χ4n) is 0.351. The lowest BCUT2D eigenvalue weighted by Gasteiger charge is -1.91. The monoisotopic (exact) mass is 111 g/mol. The summed E-state index contributed by atoms with van der Waals surface area (Å²) in [6.07, 6.45) is 2.13. The summed E-state index contributed by atoms with van der Waals surface area (Å²) < 4.78 is 0. The van der Waals surface area contributed by atoms with E-state index >= 15 is 0 Å². The average molecular weight is 111 g/mol. The maximum Gasteiger partial charge on any atom is 0.0912 e. The van der Waals surface area contributed by atoms with Crippen LogP contribution in [0.3, 0.4) is 0 Å². The molecule has 0 aliphatic rings. The predicted octanol–water partition coefficient (Wildman–Crippen LogP) is 0.839. The molecule has 0 rings (SSSR count). The molecule has 0 heterocycles. The first-order valence-corrected chi connectivity index (χ1v) is 2.53. The normalized spacial score (nSPS) is 10.9. The fraction of sp³-hybridized carbons (Fsp3) is 0.500. The van der Waals surface area contributed by atoms with Crippen molar-refractivity contribution >= 4 is 0 Å². The number of aliphatic hydroxyl groups excluding tert-OH is 1. The quantitative estimate of drug-likeness (QED) is 0.536. The maximum atomic E-state index is 8.44. The molecular weight excluding hydrogens is 102 g/mol. The van der Waals surface area contributed by atoms with Gasteiger partial charge in [0.1, 0.15) is 0 Å². The van der Waals surface area contributed by atoms with Crippen molar-refractivity contribution in [1.82, 2.24) is 0 Å². The Balaban J connectivity index is 3.72. The Morgan fingerprint density at radius 3 is 2.62 bits per heavy atom. The van der Waals surface area contributed by atoms with Crippen molar-refractivity contribution in [2.75, 3.05) is 6.61 Å². The van der Waals surface area contributed by atoms with Crippen LogP contribution < -0.4 is 0 Å². The highest BCUT2D eigenvalue weighted by molar-refractivity contribution is 5.12. The molecule has 0 aliphatic carbocycles. The van der Waals surface area contributed by atoms with E-state index in [9.17, 15) is 0 Å². The van der Waals surface area contributed by atoms with Gasteiger partial charge < -0.3 is 5.11 Å². The van der Waals surface area contributed by atoms with Crippen molar-refractivity contribution in [3.63, 3.8) is 0 Å². The Labute approximate surface area is 49.1 Å². The molecule has 0 bridgehead atoms. The first-order chi connectivity index (χ1) is 3.85. The van der Waals surface area contributed by atoms with Crippen LogP contribution >= 0.6 is 0 Å². The van der Waals surface area contributed by atoms with E-state index in [4.69, 9.17) is 10.4 Å². The zero-order chi connectivity index (χ0) is 6.41. The van der Waals surface area contributed by atoms with Gasteiger partial charge in [-0.25, -0.2) is 0 Å². The summed E-state index contributed by atoms with van der Waals surface area (Å²) in [6, 6.07) is 1.85. The van der Waals surface area contributed by atoms with Gasteiger partial charge in [0.2, 0.25) is 0 Å². The van der Waals surface area contributed by atoms with Crippen molar-refractivity contribution in [2.24, 2.45) is 0 Å². The third kappa shape index (κ3) is 2.38. The van der Waals surface area contributed by atoms with Crippen molar-refractivity contribution in [2.45, 2.75) is 13.3 Å². The van der Waals surface area contributed by atoms with Gasteiger partial charge in [-0.3, -0.25) is 0 Å². The van der Waals surface area contributed by atoms with E-state index < -0.39 is 0 Å². The largest absolute Gasteiger partial charge is 0.392 e. The molecule has 0 aromatic carbocycles. The molecule has 0 aliphatic heterocycles. The summed E-state index contributed by atoms with van der Waals surface area (Å²) in [7, 11) is 0. The minimum atomic E-state index is 0.00403. The van der Waals surface area contributed by atoms with Gasteiger partial charge in [-0.15, -0.1) is 0 Å². The second-order valence-corrected chi connectivity index (χ2v) is 1.44. The third-order valence-corrected chi connectivity index (χ3v) is 0.926. The molecule has 0 unspecified atom stereocenters. The molecule has 0 spiro atoms. The topological polar surface area (TPSA) is 44.0 Å². The van der Waals surface area contributed by atoms with Gasteiger partial charge in [0.05, 0.1) is 12.7 Å². The summed E-state index contributed by atoms with van der Waals surface area (Å²) in [5.74, 6) is 0. The fourth-order valence-corrected chi connectivity index (χ4v) is 0.351. The van der Waals surface area contributed by atoms with Crippen molar-refractivity contribution in [3.8, 4) is 6.07 Å². The first-order valence-electron chi connectivity index (χ1n) is 2.53. The Morgan fingerprint density at radius 2 is 2.50 bits per heavy atom. The smallest absolute Gasteiger partial charge is 0.0912 e. The number of hydrogen-bond acceptors (Lipinski definition) is 2. The second-order valence-electron chi connectivity index (χ2n) is 1.44. The number of hydrogen-bond donors (Lipinski definition) is 1. The van der Waals surface area contributed by atoms with Crippen LogP contribution in [0.2, 0.25) is 0 Å². The predicted molar refractivity (Wildman–Crippen MR) is 31.1 cm³/mol. The standard InChI is InChI=1S/C6H9NO/c1-2-6(5-8)3-4-7/h3,8H,2,5H2,1H3. The van der Waals surface area contributed by atoms with Crippen LogP contribution in [-0.2, 0) is 0 Å². The van der Waals surface area contributed by atoms with E-state index in [1.54, 1.807) is 0 Å². The highest BCUT2D eigenvalue weighted by Crippen LogP contribution is 1.95. The second kappa shape index (κ2) is 4.35. The van der Waals surface area contributed by atoms with Crippen LogP contribution in [0, 0.1) is 11.3 Å². The molecular formula is C6H9NO. The van der Waals surface area contributed by atoms with Gasteiger partial charge in [-0.2, -0.15) is 5.26 Å². The van der Waals surface area contributed by atoms with Gasteiger partial charge in [0.15, 0.2) is 0 Å². The minimum absolute atomic E-state index is 0.00403. The van der Waals surface area contributed by atoms with Crippen LogP contribution in [0.5, 0.6) is 0 Å². The number of nitriles is 1. The zero-order valence-electron chi connectivity index (χ0n) is 4.89. The SMILES string of the molecule is CCC(=CC#N)CO. The molecule has 2 nitrogen and oxygen atoms in total. The van der Waals surface area contributed by atoms with E-state index in [2.05, 4.69) is 0 Å². The molecule has 0 fully saturated rings. The molecule has 0 amide bonds. The van der Waals surface area contributed by atoms with E-state index in [1.807, 2.05) is 13.0 Å². The Kier molecular flexibility index (Phi) is 3.91. The van der Waals surface area contributed by atoms with Crippen LogP contribution in [0.15, 0.2) is 11.6 Å². The number of aliphatic hydroxyl groups is 1. The summed E-state index contributed by atoms with van der Waals surface area (Å²) in [5, 5.41) is 16.5. The van der Waals surface area contributed by atoms with E-state index in [0.29, 0.717) is 0 Å². The Hall–Kier alpha value is -0.810. The summed E-state index contributed by atoms with van der Waals surface area (Å²) >= 11 is 0. The van der Waals surface area contributed by atoms with Crippen LogP contribution in [0.4, 0.5) is 0 Å². The van der Waals surface area contributed by atoms with Crippen molar-refractivity contribution in [3.05, 3.63) is 11.6 Å². The summed E-state index contributed by atoms with van der Waals surface area (Å²) in [4.78, 5) is 0. The minimum Gasteiger partial charge on any atom is -0.392 e. The molecule has 0 aromatic heterocycles. The van der Waals surface area contributed by atoms with Crippen LogP contribution in [0.1, 0.15) is 13.3 Å². The highest BCUT2D eigenvalue weighted by atomic mass is 16.3. The third-order valence-electron chi connectivity index (χ3n) is 0.926. The zero-order valence-corrected chi connectivity index (χ0v) is 4.89. The molecule has 2 heteroatoms. The molecule has 0 saturated carbocycles. The lowest BCUT2D eigenvalue weighted by molar-refractivity contribution is 0.328. The van der Waals surface area contributed by atoms with Crippen LogP contribution in [0.25, 0.3) is 0 Å². The summed E-state index contributed by atoms with van der Waals surface area (Å²) in [5.41, 5.74) is 0.785. The van der Waals surface area contributed by atoms with Crippen molar-refractivity contribution < 1.29 is 5.11 Å². The van der Waals surface area contributed by atoms with Gasteiger partial charge in [0.25, 0.3) is 0 Å². The van der Waals surface area contributed by atoms with E-state index in [0.717, 1.165) is 12.0 Å².